The standard InChI is InChI=1S/C41H29N3/c1-28-11-9-18-38(42-28)35-26-33(25-34(27-35)37-17-10-15-30-12-5-6-16-36(30)37)29-20-22-32(23-21-29)41-40(31-13-3-2-4-14-31)43-39-19-7-8-24-44(39)41/h2-27H,1H3. The Bertz CT molecular complexity index is 2270. The summed E-state index contributed by atoms with van der Waals surface area (Å²) in [4.78, 5) is 9.90. The summed E-state index contributed by atoms with van der Waals surface area (Å²) >= 11 is 0. The molecule has 0 spiro atoms. The van der Waals surface area contributed by atoms with E-state index in [1.54, 1.807) is 0 Å². The Hall–Kier alpha value is -5.80. The van der Waals surface area contributed by atoms with Gasteiger partial charge in [-0.05, 0) is 82.4 Å². The number of pyridine rings is 2. The first-order valence-corrected chi connectivity index (χ1v) is 14.9. The van der Waals surface area contributed by atoms with Crippen molar-refractivity contribution in [3.63, 3.8) is 0 Å². The van der Waals surface area contributed by atoms with Crippen LogP contribution < -0.4 is 0 Å². The molecule has 5 aromatic carbocycles. The highest BCUT2D eigenvalue weighted by Gasteiger charge is 2.16. The number of rotatable bonds is 5. The Morgan fingerprint density at radius 1 is 0.477 bits per heavy atom. The van der Waals surface area contributed by atoms with Crippen LogP contribution in [0.1, 0.15) is 5.69 Å². The van der Waals surface area contributed by atoms with Gasteiger partial charge in [0.15, 0.2) is 0 Å². The molecule has 3 nitrogen and oxygen atoms in total. The van der Waals surface area contributed by atoms with E-state index in [0.29, 0.717) is 0 Å². The normalized spacial score (nSPS) is 11.3. The average molecular weight is 564 g/mol. The Labute approximate surface area is 256 Å². The van der Waals surface area contributed by atoms with Crippen molar-refractivity contribution >= 4 is 16.4 Å². The predicted molar refractivity (Wildman–Crippen MR) is 182 cm³/mol. The average Bonchev–Trinajstić information content (AvgIpc) is 3.48. The molecule has 0 N–H and O–H groups in total. The predicted octanol–water partition coefficient (Wildman–Crippen LogP) is 10.5. The molecule has 0 aliphatic rings. The van der Waals surface area contributed by atoms with Crippen LogP contribution in [0.25, 0.3) is 72.4 Å². The van der Waals surface area contributed by atoms with Crippen LogP contribution in [0.15, 0.2) is 158 Å². The van der Waals surface area contributed by atoms with E-state index in [4.69, 9.17) is 9.97 Å². The molecule has 0 aliphatic carbocycles. The third-order valence-electron chi connectivity index (χ3n) is 8.29. The van der Waals surface area contributed by atoms with Gasteiger partial charge in [0, 0.05) is 28.6 Å². The summed E-state index contributed by atoms with van der Waals surface area (Å²) in [6, 6.07) is 53.6. The molecule has 8 aromatic rings. The lowest BCUT2D eigenvalue weighted by Crippen LogP contribution is -1.91. The molecule has 0 radical (unpaired) electrons. The summed E-state index contributed by atoms with van der Waals surface area (Å²) in [6.45, 7) is 2.04. The van der Waals surface area contributed by atoms with Crippen LogP contribution in [0.5, 0.6) is 0 Å². The van der Waals surface area contributed by atoms with E-state index in [-0.39, 0.29) is 0 Å². The number of aryl methyl sites for hydroxylation is 1. The minimum absolute atomic E-state index is 0.934. The lowest BCUT2D eigenvalue weighted by molar-refractivity contribution is 1.19. The third kappa shape index (κ3) is 4.65. The van der Waals surface area contributed by atoms with Crippen molar-refractivity contribution in [2.75, 3.05) is 0 Å². The molecule has 0 atom stereocenters. The fraction of sp³-hybridized carbons (Fsp3) is 0.0244. The number of nitrogens with zero attached hydrogens (tertiary/aromatic N) is 3. The second-order valence-electron chi connectivity index (χ2n) is 11.2. The van der Waals surface area contributed by atoms with Crippen molar-refractivity contribution in [1.82, 2.24) is 14.4 Å². The van der Waals surface area contributed by atoms with Crippen LogP contribution in [0, 0.1) is 6.92 Å². The molecule has 208 valence electrons. The molecule has 0 saturated carbocycles. The molecule has 44 heavy (non-hydrogen) atoms. The zero-order chi connectivity index (χ0) is 29.5. The van der Waals surface area contributed by atoms with Crippen LogP contribution in [0.4, 0.5) is 0 Å². The first-order chi connectivity index (χ1) is 21.7. The second kappa shape index (κ2) is 10.8. The minimum Gasteiger partial charge on any atom is -0.299 e. The molecular weight excluding hydrogens is 534 g/mol. The molecule has 3 aromatic heterocycles. The van der Waals surface area contributed by atoms with E-state index in [1.807, 2.05) is 25.1 Å². The summed E-state index contributed by atoms with van der Waals surface area (Å²) in [7, 11) is 0. The third-order valence-corrected chi connectivity index (χ3v) is 8.29. The maximum atomic E-state index is 5.02. The summed E-state index contributed by atoms with van der Waals surface area (Å²) in [5, 5.41) is 2.48. The zero-order valence-electron chi connectivity index (χ0n) is 24.4. The summed E-state index contributed by atoms with van der Waals surface area (Å²) < 4.78 is 2.18. The molecule has 0 fully saturated rings. The maximum absolute atomic E-state index is 5.02. The van der Waals surface area contributed by atoms with E-state index in [2.05, 4.69) is 144 Å². The largest absolute Gasteiger partial charge is 0.299 e. The molecule has 0 bridgehead atoms. The minimum atomic E-state index is 0.934. The SMILES string of the molecule is Cc1cccc(-c2cc(-c3ccc(-c4c(-c5ccccc5)nc5ccccn45)cc3)cc(-c3cccc4ccccc34)c2)n1. The highest BCUT2D eigenvalue weighted by atomic mass is 15.0. The summed E-state index contributed by atoms with van der Waals surface area (Å²) in [6.07, 6.45) is 2.09. The van der Waals surface area contributed by atoms with Crippen LogP contribution in [0.2, 0.25) is 0 Å². The van der Waals surface area contributed by atoms with Gasteiger partial charge in [-0.2, -0.15) is 0 Å². The van der Waals surface area contributed by atoms with Gasteiger partial charge in [-0.15, -0.1) is 0 Å². The van der Waals surface area contributed by atoms with E-state index in [1.165, 1.54) is 21.9 Å². The number of hydrogen-bond donors (Lipinski definition) is 0. The fourth-order valence-electron chi connectivity index (χ4n) is 6.17. The van der Waals surface area contributed by atoms with Crippen LogP contribution in [-0.4, -0.2) is 14.4 Å². The first kappa shape index (κ1) is 25.9. The Balaban J connectivity index is 1.28. The molecule has 3 heterocycles. The monoisotopic (exact) mass is 563 g/mol. The van der Waals surface area contributed by atoms with Gasteiger partial charge in [0.1, 0.15) is 5.65 Å². The van der Waals surface area contributed by atoms with Crippen molar-refractivity contribution in [3.05, 3.63) is 164 Å². The van der Waals surface area contributed by atoms with Gasteiger partial charge in [0.2, 0.25) is 0 Å². The van der Waals surface area contributed by atoms with Crippen molar-refractivity contribution in [3.8, 4) is 56.0 Å². The van der Waals surface area contributed by atoms with Crippen LogP contribution >= 0.6 is 0 Å². The molecule has 0 saturated heterocycles. The lowest BCUT2D eigenvalue weighted by atomic mass is 9.92. The quantitative estimate of drug-likeness (QED) is 0.208. The Morgan fingerprint density at radius 2 is 1.18 bits per heavy atom. The zero-order valence-corrected chi connectivity index (χ0v) is 24.4. The van der Waals surface area contributed by atoms with E-state index in [9.17, 15) is 0 Å². The highest BCUT2D eigenvalue weighted by Crippen LogP contribution is 2.37. The second-order valence-corrected chi connectivity index (χ2v) is 11.2. The molecule has 3 heteroatoms. The van der Waals surface area contributed by atoms with Gasteiger partial charge in [-0.1, -0.05) is 109 Å². The molecule has 0 aliphatic heterocycles. The van der Waals surface area contributed by atoms with Crippen molar-refractivity contribution in [1.29, 1.82) is 0 Å². The summed E-state index contributed by atoms with van der Waals surface area (Å²) in [5.74, 6) is 0. The van der Waals surface area contributed by atoms with Crippen LogP contribution in [0.3, 0.4) is 0 Å². The smallest absolute Gasteiger partial charge is 0.137 e. The topological polar surface area (TPSA) is 30.2 Å². The first-order valence-electron chi connectivity index (χ1n) is 14.9. The Morgan fingerprint density at radius 3 is 2.05 bits per heavy atom. The molecule has 0 amide bonds. The van der Waals surface area contributed by atoms with Gasteiger partial charge < -0.3 is 0 Å². The summed E-state index contributed by atoms with van der Waals surface area (Å²) in [5.41, 5.74) is 13.0. The maximum Gasteiger partial charge on any atom is 0.137 e. The molecule has 0 unspecified atom stereocenters. The van der Waals surface area contributed by atoms with E-state index >= 15 is 0 Å². The van der Waals surface area contributed by atoms with Crippen molar-refractivity contribution < 1.29 is 0 Å². The number of benzene rings is 5. The number of fused-ring (bicyclic) bond motifs is 2. The lowest BCUT2D eigenvalue weighted by Gasteiger charge is -2.13. The van der Waals surface area contributed by atoms with Gasteiger partial charge in [0.05, 0.1) is 17.1 Å². The van der Waals surface area contributed by atoms with Crippen molar-refractivity contribution in [2.24, 2.45) is 0 Å². The van der Waals surface area contributed by atoms with Gasteiger partial charge in [0.25, 0.3) is 0 Å². The van der Waals surface area contributed by atoms with E-state index in [0.717, 1.165) is 56.2 Å². The van der Waals surface area contributed by atoms with Gasteiger partial charge >= 0.3 is 0 Å². The number of imidazole rings is 1. The number of aromatic nitrogens is 3. The Kier molecular flexibility index (Phi) is 6.35. The molecular formula is C41H29N3. The number of hydrogen-bond acceptors (Lipinski definition) is 2. The van der Waals surface area contributed by atoms with Gasteiger partial charge in [-0.25, -0.2) is 4.98 Å². The fourth-order valence-corrected chi connectivity index (χ4v) is 6.17. The molecule has 8 rings (SSSR count). The van der Waals surface area contributed by atoms with Crippen LogP contribution in [-0.2, 0) is 0 Å². The van der Waals surface area contributed by atoms with E-state index < -0.39 is 0 Å². The van der Waals surface area contributed by atoms with Crippen molar-refractivity contribution in [2.45, 2.75) is 6.92 Å². The highest BCUT2D eigenvalue weighted by molar-refractivity contribution is 5.98. The van der Waals surface area contributed by atoms with Gasteiger partial charge in [-0.3, -0.25) is 9.38 Å².